The van der Waals surface area contributed by atoms with E-state index in [0.717, 1.165) is 23.6 Å². The minimum Gasteiger partial charge on any atom is -0.508 e. The van der Waals surface area contributed by atoms with Crippen molar-refractivity contribution in [3.8, 4) is 5.75 Å². The molecule has 0 saturated heterocycles. The van der Waals surface area contributed by atoms with Gasteiger partial charge in [0.2, 0.25) is 0 Å². The average molecular weight is 444 g/mol. The molecule has 132 valence electrons. The summed E-state index contributed by atoms with van der Waals surface area (Å²) in [5.41, 5.74) is 1.98. The first-order chi connectivity index (χ1) is 11.1. The van der Waals surface area contributed by atoms with Crippen molar-refractivity contribution in [1.82, 2.24) is 15.8 Å². The molecule has 0 radical (unpaired) electrons. The molecule has 0 aliphatic heterocycles. The van der Waals surface area contributed by atoms with Crippen molar-refractivity contribution < 1.29 is 9.63 Å². The third-order valence-corrected chi connectivity index (χ3v) is 3.30. The second-order valence-electron chi connectivity index (χ2n) is 5.59. The fraction of sp³-hybridized carbons (Fsp3) is 0.412. The van der Waals surface area contributed by atoms with Crippen molar-refractivity contribution >= 4 is 29.9 Å². The first-order valence-corrected chi connectivity index (χ1v) is 7.84. The molecule has 1 aromatic heterocycles. The molecule has 24 heavy (non-hydrogen) atoms. The summed E-state index contributed by atoms with van der Waals surface area (Å²) in [6, 6.07) is 8.99. The van der Waals surface area contributed by atoms with Crippen molar-refractivity contribution in [2.45, 2.75) is 39.8 Å². The van der Waals surface area contributed by atoms with Gasteiger partial charge in [0.1, 0.15) is 5.75 Å². The normalized spacial score (nSPS) is 11.2. The minimum absolute atomic E-state index is 0. The molecule has 6 nitrogen and oxygen atoms in total. The van der Waals surface area contributed by atoms with Crippen LogP contribution >= 0.6 is 24.0 Å². The van der Waals surface area contributed by atoms with Crippen LogP contribution in [-0.4, -0.2) is 22.8 Å². The van der Waals surface area contributed by atoms with E-state index in [1.807, 2.05) is 25.1 Å². The van der Waals surface area contributed by atoms with E-state index >= 15 is 0 Å². The predicted molar refractivity (Wildman–Crippen MR) is 106 cm³/mol. The summed E-state index contributed by atoms with van der Waals surface area (Å²) < 4.78 is 5.31. The summed E-state index contributed by atoms with van der Waals surface area (Å²) in [6.07, 6.45) is 0. The van der Waals surface area contributed by atoms with Crippen LogP contribution in [0, 0.1) is 0 Å². The van der Waals surface area contributed by atoms with Gasteiger partial charge in [-0.2, -0.15) is 0 Å². The number of nitrogens with zero attached hydrogens (tertiary/aromatic N) is 2. The Labute approximate surface area is 159 Å². The summed E-state index contributed by atoms with van der Waals surface area (Å²) >= 11 is 0. The monoisotopic (exact) mass is 444 g/mol. The number of aliphatic imine (C=N–C) groups is 1. The smallest absolute Gasteiger partial charge is 0.191 e. The summed E-state index contributed by atoms with van der Waals surface area (Å²) in [4.78, 5) is 4.52. The highest BCUT2D eigenvalue weighted by Crippen LogP contribution is 2.14. The molecule has 3 N–H and O–H groups in total. The zero-order chi connectivity index (χ0) is 16.7. The third-order valence-electron chi connectivity index (χ3n) is 3.30. The first-order valence-electron chi connectivity index (χ1n) is 7.84. The maximum Gasteiger partial charge on any atom is 0.191 e. The average Bonchev–Trinajstić information content (AvgIpc) is 3.01. The molecule has 7 heteroatoms. The highest BCUT2D eigenvalue weighted by atomic mass is 127. The van der Waals surface area contributed by atoms with Crippen LogP contribution in [0.25, 0.3) is 0 Å². The number of aromatic hydroxyl groups is 1. The van der Waals surface area contributed by atoms with Crippen LogP contribution < -0.4 is 10.6 Å². The van der Waals surface area contributed by atoms with Crippen LogP contribution in [0.15, 0.2) is 39.8 Å². The van der Waals surface area contributed by atoms with E-state index in [9.17, 15) is 5.11 Å². The van der Waals surface area contributed by atoms with Crippen molar-refractivity contribution in [1.29, 1.82) is 0 Å². The van der Waals surface area contributed by atoms with E-state index in [-0.39, 0.29) is 29.7 Å². The van der Waals surface area contributed by atoms with Crippen LogP contribution in [0.4, 0.5) is 0 Å². The van der Waals surface area contributed by atoms with Gasteiger partial charge < -0.3 is 20.3 Å². The quantitative estimate of drug-likeness (QED) is 0.362. The molecule has 0 aliphatic rings. The molecule has 1 aromatic carbocycles. The van der Waals surface area contributed by atoms with Crippen molar-refractivity contribution in [3.63, 3.8) is 0 Å². The molecular formula is C17H25IN4O2. The highest BCUT2D eigenvalue weighted by Gasteiger charge is 2.08. The molecule has 0 unspecified atom stereocenters. The number of phenols is 1. The second-order valence-corrected chi connectivity index (χ2v) is 5.59. The molecule has 2 rings (SSSR count). The molecule has 0 spiro atoms. The number of nitrogens with one attached hydrogen (secondary N) is 2. The number of benzene rings is 1. The lowest BCUT2D eigenvalue weighted by atomic mass is 10.1. The third kappa shape index (κ3) is 6.38. The number of hydrogen-bond donors (Lipinski definition) is 3. The fourth-order valence-electron chi connectivity index (χ4n) is 1.97. The lowest BCUT2D eigenvalue weighted by molar-refractivity contribution is 0.372. The largest absolute Gasteiger partial charge is 0.508 e. The molecule has 0 aliphatic carbocycles. The Morgan fingerprint density at radius 2 is 1.96 bits per heavy atom. The molecule has 0 fully saturated rings. The van der Waals surface area contributed by atoms with E-state index < -0.39 is 0 Å². The highest BCUT2D eigenvalue weighted by molar-refractivity contribution is 14.0. The van der Waals surface area contributed by atoms with Gasteiger partial charge in [-0.05, 0) is 30.5 Å². The molecule has 2 aromatic rings. The number of phenolic OH excluding ortho intramolecular Hbond substituents is 1. The molecule has 0 bridgehead atoms. The van der Waals surface area contributed by atoms with E-state index in [0.29, 0.717) is 25.0 Å². The minimum atomic E-state index is 0. The van der Waals surface area contributed by atoms with E-state index in [2.05, 4.69) is 34.6 Å². The van der Waals surface area contributed by atoms with Crippen LogP contribution in [0.3, 0.4) is 0 Å². The summed E-state index contributed by atoms with van der Waals surface area (Å²) in [5, 5.41) is 19.8. The van der Waals surface area contributed by atoms with Crippen LogP contribution in [-0.2, 0) is 13.1 Å². The summed E-state index contributed by atoms with van der Waals surface area (Å²) in [5.74, 6) is 2.10. The molecular weight excluding hydrogens is 419 g/mol. The first kappa shape index (κ1) is 20.3. The van der Waals surface area contributed by atoms with Crippen LogP contribution in [0.1, 0.15) is 43.7 Å². The Hall–Kier alpha value is -1.77. The lowest BCUT2D eigenvalue weighted by Gasteiger charge is -2.09. The molecule has 0 atom stereocenters. The standard InChI is InChI=1S/C17H24N4O2.HI/c1-4-18-17(19-10-13-5-7-14(22)8-6-13)20-11-15-9-16(12(2)3)21-23-15;/h5-9,12,22H,4,10-11H2,1-3H3,(H2,18,19,20);1H. The Morgan fingerprint density at radius 1 is 1.25 bits per heavy atom. The molecule has 1 heterocycles. The summed E-state index contributed by atoms with van der Waals surface area (Å²) in [6.45, 7) is 8.01. The van der Waals surface area contributed by atoms with Crippen LogP contribution in [0.2, 0.25) is 0 Å². The van der Waals surface area contributed by atoms with E-state index in [4.69, 9.17) is 4.52 Å². The van der Waals surface area contributed by atoms with Crippen molar-refractivity contribution in [3.05, 3.63) is 47.3 Å². The SMILES string of the molecule is CCNC(=NCc1ccc(O)cc1)NCc1cc(C(C)C)no1.I. The van der Waals surface area contributed by atoms with Gasteiger partial charge in [-0.3, -0.25) is 0 Å². The number of guanidine groups is 1. The van der Waals surface area contributed by atoms with Gasteiger partial charge in [0.25, 0.3) is 0 Å². The van der Waals surface area contributed by atoms with Crippen molar-refractivity contribution in [2.75, 3.05) is 6.54 Å². The second kappa shape index (κ2) is 10.2. The van der Waals surface area contributed by atoms with E-state index in [1.54, 1.807) is 12.1 Å². The van der Waals surface area contributed by atoms with Gasteiger partial charge in [-0.15, -0.1) is 24.0 Å². The number of hydrogen-bond acceptors (Lipinski definition) is 4. The van der Waals surface area contributed by atoms with Crippen molar-refractivity contribution in [2.24, 2.45) is 4.99 Å². The Morgan fingerprint density at radius 3 is 2.54 bits per heavy atom. The number of aromatic nitrogens is 1. The maximum atomic E-state index is 9.29. The predicted octanol–water partition coefficient (Wildman–Crippen LogP) is 3.38. The van der Waals surface area contributed by atoms with Gasteiger partial charge >= 0.3 is 0 Å². The molecule has 0 saturated carbocycles. The van der Waals surface area contributed by atoms with Gasteiger partial charge in [-0.1, -0.05) is 31.1 Å². The Balaban J connectivity index is 0.00000288. The Kier molecular flexibility index (Phi) is 8.59. The lowest BCUT2D eigenvalue weighted by Crippen LogP contribution is -2.36. The fourth-order valence-corrected chi connectivity index (χ4v) is 1.97. The zero-order valence-electron chi connectivity index (χ0n) is 14.2. The van der Waals surface area contributed by atoms with Gasteiger partial charge in [0, 0.05) is 12.6 Å². The summed E-state index contributed by atoms with van der Waals surface area (Å²) in [7, 11) is 0. The van der Waals surface area contributed by atoms with Gasteiger partial charge in [0.15, 0.2) is 11.7 Å². The Bertz CT molecular complexity index is 638. The van der Waals surface area contributed by atoms with Gasteiger partial charge in [-0.25, -0.2) is 4.99 Å². The van der Waals surface area contributed by atoms with E-state index in [1.165, 1.54) is 0 Å². The van der Waals surface area contributed by atoms with Gasteiger partial charge in [0.05, 0.1) is 18.8 Å². The number of rotatable bonds is 6. The number of halogens is 1. The topological polar surface area (TPSA) is 82.7 Å². The molecule has 0 amide bonds. The maximum absolute atomic E-state index is 9.29. The van der Waals surface area contributed by atoms with Crippen LogP contribution in [0.5, 0.6) is 5.75 Å². The zero-order valence-corrected chi connectivity index (χ0v) is 16.6.